The second-order valence-corrected chi connectivity index (χ2v) is 5.62. The highest BCUT2D eigenvalue weighted by Gasteiger charge is 2.16. The van der Waals surface area contributed by atoms with Crippen molar-refractivity contribution < 1.29 is 13.9 Å². The molecule has 0 aliphatic rings. The van der Waals surface area contributed by atoms with Gasteiger partial charge in [0.05, 0.1) is 17.9 Å². The van der Waals surface area contributed by atoms with Gasteiger partial charge in [-0.15, -0.1) is 11.8 Å². The van der Waals surface area contributed by atoms with Crippen molar-refractivity contribution in [3.05, 3.63) is 46.4 Å². The Bertz CT molecular complexity index is 639. The molecular weight excluding hydrogens is 298 g/mol. The number of furan rings is 1. The maximum atomic E-state index is 11.5. The normalized spacial score (nSPS) is 10.6. The van der Waals surface area contributed by atoms with Gasteiger partial charge in [0.2, 0.25) is 5.76 Å². The van der Waals surface area contributed by atoms with Gasteiger partial charge in [0.1, 0.15) is 5.76 Å². The number of nitrogen functional groups attached to an aromatic ring is 1. The van der Waals surface area contributed by atoms with Gasteiger partial charge < -0.3 is 14.9 Å². The van der Waals surface area contributed by atoms with Crippen LogP contribution in [0.1, 0.15) is 21.9 Å². The van der Waals surface area contributed by atoms with Gasteiger partial charge in [-0.1, -0.05) is 11.6 Å². The third kappa shape index (κ3) is 3.29. The van der Waals surface area contributed by atoms with E-state index in [2.05, 4.69) is 4.74 Å². The van der Waals surface area contributed by atoms with Crippen LogP contribution in [0.4, 0.5) is 5.69 Å². The highest BCUT2D eigenvalue weighted by Crippen LogP contribution is 2.32. The summed E-state index contributed by atoms with van der Waals surface area (Å²) in [5, 5.41) is 0.640. The summed E-state index contributed by atoms with van der Waals surface area (Å²) in [5.41, 5.74) is 7.14. The van der Waals surface area contributed by atoms with Gasteiger partial charge in [-0.3, -0.25) is 0 Å². The molecule has 0 aliphatic carbocycles. The Hall–Kier alpha value is -1.59. The number of thioether (sulfide) groups is 1. The zero-order valence-corrected chi connectivity index (χ0v) is 12.7. The van der Waals surface area contributed by atoms with Crippen molar-refractivity contribution in [2.75, 3.05) is 12.8 Å². The number of aryl methyl sites for hydroxylation is 1. The van der Waals surface area contributed by atoms with Crippen LogP contribution in [-0.4, -0.2) is 13.1 Å². The van der Waals surface area contributed by atoms with Crippen LogP contribution in [-0.2, 0) is 10.5 Å². The van der Waals surface area contributed by atoms with Gasteiger partial charge in [0.15, 0.2) is 0 Å². The van der Waals surface area contributed by atoms with Crippen molar-refractivity contribution >= 4 is 35.0 Å². The molecule has 0 atom stereocenters. The average molecular weight is 312 g/mol. The minimum Gasteiger partial charge on any atom is -0.463 e. The smallest absolute Gasteiger partial charge is 0.374 e. The number of anilines is 1. The van der Waals surface area contributed by atoms with E-state index in [1.54, 1.807) is 19.1 Å². The molecule has 0 spiro atoms. The lowest BCUT2D eigenvalue weighted by Crippen LogP contribution is -2.00. The average Bonchev–Trinajstić information content (AvgIpc) is 2.80. The number of rotatable bonds is 4. The van der Waals surface area contributed by atoms with Crippen LogP contribution in [0, 0.1) is 6.92 Å². The molecule has 0 saturated carbocycles. The maximum Gasteiger partial charge on any atom is 0.374 e. The number of benzene rings is 1. The lowest BCUT2D eigenvalue weighted by Gasteiger charge is -2.03. The largest absolute Gasteiger partial charge is 0.463 e. The topological polar surface area (TPSA) is 65.5 Å². The Labute approximate surface area is 126 Å². The Morgan fingerprint density at radius 1 is 1.45 bits per heavy atom. The lowest BCUT2D eigenvalue weighted by atomic mass is 10.3. The summed E-state index contributed by atoms with van der Waals surface area (Å²) < 4.78 is 10.1. The van der Waals surface area contributed by atoms with Crippen LogP contribution in [0.25, 0.3) is 0 Å². The molecular formula is C14H14ClNO3S. The molecule has 4 nitrogen and oxygen atoms in total. The molecule has 2 rings (SSSR count). The molecule has 0 fully saturated rings. The first-order valence-corrected chi connectivity index (χ1v) is 7.23. The van der Waals surface area contributed by atoms with E-state index in [4.69, 9.17) is 21.8 Å². The predicted molar refractivity (Wildman–Crippen MR) is 80.2 cm³/mol. The molecule has 0 radical (unpaired) electrons. The first-order valence-electron chi connectivity index (χ1n) is 5.86. The van der Waals surface area contributed by atoms with Gasteiger partial charge in [-0.05, 0) is 31.2 Å². The standard InChI is InChI=1S/C14H14ClNO3S/c1-8-5-10(19-13(8)14(17)18-2)7-20-12-6-9(16)3-4-11(12)15/h3-6H,7,16H2,1-2H3. The van der Waals surface area contributed by atoms with Gasteiger partial charge in [-0.25, -0.2) is 4.79 Å². The quantitative estimate of drug-likeness (QED) is 0.527. The lowest BCUT2D eigenvalue weighted by molar-refractivity contribution is 0.0562. The van der Waals surface area contributed by atoms with E-state index in [1.807, 2.05) is 12.1 Å². The van der Waals surface area contributed by atoms with Gasteiger partial charge in [-0.2, -0.15) is 0 Å². The number of hydrogen-bond acceptors (Lipinski definition) is 5. The summed E-state index contributed by atoms with van der Waals surface area (Å²) >= 11 is 7.59. The molecule has 20 heavy (non-hydrogen) atoms. The summed E-state index contributed by atoms with van der Waals surface area (Å²) in [6.07, 6.45) is 0. The number of carbonyl (C=O) groups is 1. The molecule has 1 aromatic carbocycles. The van der Waals surface area contributed by atoms with Crippen LogP contribution in [0.15, 0.2) is 33.6 Å². The van der Waals surface area contributed by atoms with Crippen LogP contribution in [0.5, 0.6) is 0 Å². The molecule has 0 amide bonds. The number of methoxy groups -OCH3 is 1. The Balaban J connectivity index is 2.11. The minimum absolute atomic E-state index is 0.238. The Kier molecular flexibility index (Phi) is 4.62. The summed E-state index contributed by atoms with van der Waals surface area (Å²) in [6, 6.07) is 7.13. The number of halogens is 1. The van der Waals surface area contributed by atoms with Gasteiger partial charge in [0, 0.05) is 16.1 Å². The third-order valence-electron chi connectivity index (χ3n) is 2.66. The van der Waals surface area contributed by atoms with Gasteiger partial charge >= 0.3 is 5.97 Å². The van der Waals surface area contributed by atoms with Crippen LogP contribution < -0.4 is 5.73 Å². The molecule has 1 heterocycles. The van der Waals surface area contributed by atoms with E-state index in [-0.39, 0.29) is 5.76 Å². The Morgan fingerprint density at radius 2 is 2.20 bits per heavy atom. The molecule has 0 unspecified atom stereocenters. The number of carbonyl (C=O) groups excluding carboxylic acids is 1. The molecule has 1 aromatic heterocycles. The molecule has 0 bridgehead atoms. The van der Waals surface area contributed by atoms with Crippen molar-refractivity contribution in [2.45, 2.75) is 17.6 Å². The summed E-state index contributed by atoms with van der Waals surface area (Å²) in [6.45, 7) is 1.80. The maximum absolute atomic E-state index is 11.5. The van der Waals surface area contributed by atoms with E-state index in [1.165, 1.54) is 18.9 Å². The molecule has 106 valence electrons. The van der Waals surface area contributed by atoms with E-state index >= 15 is 0 Å². The third-order valence-corrected chi connectivity index (χ3v) is 4.18. The number of esters is 1. The first-order chi connectivity index (χ1) is 9.51. The molecule has 0 saturated heterocycles. The first kappa shape index (κ1) is 14.8. The fraction of sp³-hybridized carbons (Fsp3) is 0.214. The SMILES string of the molecule is COC(=O)c1oc(CSc2cc(N)ccc2Cl)cc1C. The fourth-order valence-corrected chi connectivity index (χ4v) is 2.84. The van der Waals surface area contributed by atoms with Crippen molar-refractivity contribution in [2.24, 2.45) is 0 Å². The zero-order chi connectivity index (χ0) is 14.7. The number of nitrogens with two attached hydrogens (primary N) is 1. The van der Waals surface area contributed by atoms with Crippen molar-refractivity contribution in [1.82, 2.24) is 0 Å². The minimum atomic E-state index is -0.472. The van der Waals surface area contributed by atoms with E-state index in [0.29, 0.717) is 22.2 Å². The second kappa shape index (κ2) is 6.24. The van der Waals surface area contributed by atoms with Crippen molar-refractivity contribution in [3.63, 3.8) is 0 Å². The van der Waals surface area contributed by atoms with Crippen LogP contribution in [0.2, 0.25) is 5.02 Å². The van der Waals surface area contributed by atoms with E-state index in [9.17, 15) is 4.79 Å². The van der Waals surface area contributed by atoms with Crippen molar-refractivity contribution in [1.29, 1.82) is 0 Å². The highest BCUT2D eigenvalue weighted by atomic mass is 35.5. The number of ether oxygens (including phenoxy) is 1. The fourth-order valence-electron chi connectivity index (χ4n) is 1.69. The number of hydrogen-bond donors (Lipinski definition) is 1. The zero-order valence-electron chi connectivity index (χ0n) is 11.1. The summed E-state index contributed by atoms with van der Waals surface area (Å²) in [7, 11) is 1.32. The summed E-state index contributed by atoms with van der Waals surface area (Å²) in [4.78, 5) is 12.3. The van der Waals surface area contributed by atoms with Crippen LogP contribution >= 0.6 is 23.4 Å². The molecule has 2 aromatic rings. The molecule has 2 N–H and O–H groups in total. The highest BCUT2D eigenvalue weighted by molar-refractivity contribution is 7.98. The van der Waals surface area contributed by atoms with Crippen LogP contribution in [0.3, 0.4) is 0 Å². The summed E-state index contributed by atoms with van der Waals surface area (Å²) in [5.74, 6) is 1.01. The second-order valence-electron chi connectivity index (χ2n) is 4.19. The molecule has 0 aliphatic heterocycles. The van der Waals surface area contributed by atoms with Crippen molar-refractivity contribution in [3.8, 4) is 0 Å². The van der Waals surface area contributed by atoms with E-state index < -0.39 is 5.97 Å². The molecule has 6 heteroatoms. The van der Waals surface area contributed by atoms with Gasteiger partial charge in [0.25, 0.3) is 0 Å². The van der Waals surface area contributed by atoms with E-state index in [0.717, 1.165) is 10.5 Å². The predicted octanol–water partition coefficient (Wildman–Crippen LogP) is 3.90. The monoisotopic (exact) mass is 311 g/mol. The Morgan fingerprint density at radius 3 is 2.90 bits per heavy atom.